The Morgan fingerprint density at radius 1 is 1.00 bits per heavy atom. The first kappa shape index (κ1) is 13.5. The Morgan fingerprint density at radius 3 is 2.41 bits per heavy atom. The minimum Gasteiger partial charge on any atom is -0.508 e. The van der Waals surface area contributed by atoms with Crippen molar-refractivity contribution in [3.05, 3.63) is 59.9 Å². The molecule has 1 heterocycles. The molecule has 0 spiro atoms. The second-order valence-electron chi connectivity index (χ2n) is 3.63. The van der Waals surface area contributed by atoms with E-state index in [2.05, 4.69) is 10.3 Å². The Kier molecular flexibility index (Phi) is 5.46. The summed E-state index contributed by atoms with van der Waals surface area (Å²) in [5.41, 5.74) is 2.28. The van der Waals surface area contributed by atoms with Crippen molar-refractivity contribution < 1.29 is 5.11 Å². The van der Waals surface area contributed by atoms with E-state index in [0.29, 0.717) is 5.75 Å². The van der Waals surface area contributed by atoms with Gasteiger partial charge in [0.05, 0.1) is 0 Å². The maximum Gasteiger partial charge on any atom is 0.115 e. The highest BCUT2D eigenvalue weighted by Gasteiger charge is 1.95. The van der Waals surface area contributed by atoms with Crippen molar-refractivity contribution in [1.82, 2.24) is 10.3 Å². The molecule has 0 saturated heterocycles. The second kappa shape index (κ2) is 6.89. The van der Waals surface area contributed by atoms with Crippen LogP contribution < -0.4 is 5.32 Å². The molecule has 0 aliphatic carbocycles. The largest absolute Gasteiger partial charge is 0.508 e. The molecule has 1 aromatic heterocycles. The normalized spacial score (nSPS) is 9.65. The first-order chi connectivity index (χ1) is 7.84. The first-order valence-electron chi connectivity index (χ1n) is 5.22. The average molecular weight is 251 g/mol. The maximum atomic E-state index is 9.29. The van der Waals surface area contributed by atoms with E-state index in [-0.39, 0.29) is 12.4 Å². The molecule has 2 N–H and O–H groups in total. The van der Waals surface area contributed by atoms with E-state index >= 15 is 0 Å². The predicted octanol–water partition coefficient (Wildman–Crippen LogP) is 2.50. The van der Waals surface area contributed by atoms with Crippen LogP contribution >= 0.6 is 12.4 Å². The van der Waals surface area contributed by atoms with Crippen molar-refractivity contribution in [2.24, 2.45) is 0 Å². The van der Waals surface area contributed by atoms with Crippen LogP contribution in [-0.4, -0.2) is 10.1 Å². The van der Waals surface area contributed by atoms with Crippen molar-refractivity contribution in [1.29, 1.82) is 0 Å². The van der Waals surface area contributed by atoms with Gasteiger partial charge in [0.2, 0.25) is 0 Å². The lowest BCUT2D eigenvalue weighted by atomic mass is 10.2. The fourth-order valence-electron chi connectivity index (χ4n) is 1.52. The lowest BCUT2D eigenvalue weighted by Gasteiger charge is -2.05. The molecule has 0 aliphatic heterocycles. The van der Waals surface area contributed by atoms with Crippen LogP contribution in [0.4, 0.5) is 0 Å². The van der Waals surface area contributed by atoms with Crippen LogP contribution in [0.3, 0.4) is 0 Å². The molecule has 2 aromatic rings. The van der Waals surface area contributed by atoms with Gasteiger partial charge in [-0.3, -0.25) is 4.98 Å². The van der Waals surface area contributed by atoms with Gasteiger partial charge in [-0.15, -0.1) is 12.4 Å². The zero-order chi connectivity index (χ0) is 11.2. The van der Waals surface area contributed by atoms with Gasteiger partial charge < -0.3 is 10.4 Å². The summed E-state index contributed by atoms with van der Waals surface area (Å²) in [6.45, 7) is 1.55. The zero-order valence-electron chi connectivity index (χ0n) is 9.34. The molecule has 3 nitrogen and oxygen atoms in total. The van der Waals surface area contributed by atoms with Crippen LogP contribution in [0, 0.1) is 0 Å². The van der Waals surface area contributed by atoms with Crippen LogP contribution in [0.2, 0.25) is 0 Å². The van der Waals surface area contributed by atoms with Crippen molar-refractivity contribution in [3.8, 4) is 5.75 Å². The monoisotopic (exact) mass is 250 g/mol. The molecule has 0 unspecified atom stereocenters. The topological polar surface area (TPSA) is 45.1 Å². The van der Waals surface area contributed by atoms with Crippen molar-refractivity contribution in [3.63, 3.8) is 0 Å². The maximum absolute atomic E-state index is 9.29. The van der Waals surface area contributed by atoms with E-state index in [9.17, 15) is 5.11 Å². The predicted molar refractivity (Wildman–Crippen MR) is 70.1 cm³/mol. The van der Waals surface area contributed by atoms with E-state index in [1.165, 1.54) is 5.56 Å². The number of pyridine rings is 1. The number of benzene rings is 1. The van der Waals surface area contributed by atoms with E-state index in [4.69, 9.17) is 0 Å². The van der Waals surface area contributed by atoms with Gasteiger partial charge in [-0.25, -0.2) is 0 Å². The van der Waals surface area contributed by atoms with Crippen LogP contribution in [0.1, 0.15) is 11.1 Å². The molecule has 4 heteroatoms. The number of phenolic OH excluding ortho intramolecular Hbond substituents is 1. The molecule has 0 bridgehead atoms. The lowest BCUT2D eigenvalue weighted by molar-refractivity contribution is 0.474. The summed E-state index contributed by atoms with van der Waals surface area (Å²) in [5, 5.41) is 12.6. The third-order valence-corrected chi connectivity index (χ3v) is 2.32. The summed E-state index contributed by atoms with van der Waals surface area (Å²) in [4.78, 5) is 3.96. The molecule has 1 aromatic carbocycles. The fourth-order valence-corrected chi connectivity index (χ4v) is 1.52. The number of rotatable bonds is 4. The van der Waals surface area contributed by atoms with Gasteiger partial charge in [-0.1, -0.05) is 12.1 Å². The number of halogens is 1. The van der Waals surface area contributed by atoms with Gasteiger partial charge in [0, 0.05) is 25.5 Å². The average Bonchev–Trinajstić information content (AvgIpc) is 2.30. The number of hydrogen-bond acceptors (Lipinski definition) is 3. The fraction of sp³-hybridized carbons (Fsp3) is 0.154. The van der Waals surface area contributed by atoms with Crippen LogP contribution in [-0.2, 0) is 13.1 Å². The summed E-state index contributed by atoms with van der Waals surface area (Å²) in [7, 11) is 0. The van der Waals surface area contributed by atoms with Gasteiger partial charge in [0.15, 0.2) is 0 Å². The molecule has 0 saturated carbocycles. The SMILES string of the molecule is Cl.Oc1cccc(CNCc2ccncc2)c1. The van der Waals surface area contributed by atoms with E-state index in [1.54, 1.807) is 24.5 Å². The van der Waals surface area contributed by atoms with E-state index in [0.717, 1.165) is 18.7 Å². The Labute approximate surface area is 107 Å². The highest BCUT2D eigenvalue weighted by atomic mass is 35.5. The van der Waals surface area contributed by atoms with E-state index < -0.39 is 0 Å². The Balaban J connectivity index is 0.00000144. The molecule has 2 rings (SSSR count). The third-order valence-electron chi connectivity index (χ3n) is 2.32. The highest BCUT2D eigenvalue weighted by molar-refractivity contribution is 5.85. The van der Waals surface area contributed by atoms with Crippen LogP contribution in [0.15, 0.2) is 48.8 Å². The number of aromatic hydroxyl groups is 1. The summed E-state index contributed by atoms with van der Waals surface area (Å²) < 4.78 is 0. The summed E-state index contributed by atoms with van der Waals surface area (Å²) in [6.07, 6.45) is 3.57. The van der Waals surface area contributed by atoms with Crippen molar-refractivity contribution in [2.45, 2.75) is 13.1 Å². The highest BCUT2D eigenvalue weighted by Crippen LogP contribution is 2.10. The number of nitrogens with one attached hydrogen (secondary N) is 1. The number of hydrogen-bond donors (Lipinski definition) is 2. The first-order valence-corrected chi connectivity index (χ1v) is 5.22. The quantitative estimate of drug-likeness (QED) is 0.877. The second-order valence-corrected chi connectivity index (χ2v) is 3.63. The van der Waals surface area contributed by atoms with Crippen LogP contribution in [0.5, 0.6) is 5.75 Å². The van der Waals surface area contributed by atoms with E-state index in [1.807, 2.05) is 24.3 Å². The standard InChI is InChI=1S/C13H14N2O.ClH/c16-13-3-1-2-12(8-13)10-15-9-11-4-6-14-7-5-11;/h1-8,15-16H,9-10H2;1H. The zero-order valence-corrected chi connectivity index (χ0v) is 10.2. The van der Waals surface area contributed by atoms with Gasteiger partial charge in [-0.05, 0) is 35.4 Å². The Hall–Kier alpha value is -1.58. The van der Waals surface area contributed by atoms with Crippen LogP contribution in [0.25, 0.3) is 0 Å². The van der Waals surface area contributed by atoms with Crippen molar-refractivity contribution in [2.75, 3.05) is 0 Å². The van der Waals surface area contributed by atoms with Gasteiger partial charge >= 0.3 is 0 Å². The Morgan fingerprint density at radius 2 is 1.71 bits per heavy atom. The smallest absolute Gasteiger partial charge is 0.115 e. The summed E-state index contributed by atoms with van der Waals surface area (Å²) >= 11 is 0. The molecular formula is C13H15ClN2O. The summed E-state index contributed by atoms with van der Waals surface area (Å²) in [5.74, 6) is 0.309. The molecule has 0 atom stereocenters. The molecule has 17 heavy (non-hydrogen) atoms. The van der Waals surface area contributed by atoms with Gasteiger partial charge in [0.25, 0.3) is 0 Å². The summed E-state index contributed by atoms with van der Waals surface area (Å²) in [6, 6.07) is 11.2. The molecule has 0 fully saturated rings. The van der Waals surface area contributed by atoms with Crippen molar-refractivity contribution >= 4 is 12.4 Å². The minimum atomic E-state index is 0. The molecule has 90 valence electrons. The lowest BCUT2D eigenvalue weighted by Crippen LogP contribution is -2.12. The molecule has 0 radical (unpaired) electrons. The molecule has 0 aliphatic rings. The van der Waals surface area contributed by atoms with Gasteiger partial charge in [0.1, 0.15) is 5.75 Å². The molecular weight excluding hydrogens is 236 g/mol. The number of phenols is 1. The Bertz CT molecular complexity index is 448. The minimum absolute atomic E-state index is 0. The number of nitrogens with zero attached hydrogens (tertiary/aromatic N) is 1. The third kappa shape index (κ3) is 4.43. The molecule has 0 amide bonds. The van der Waals surface area contributed by atoms with Gasteiger partial charge in [-0.2, -0.15) is 0 Å². The number of aromatic nitrogens is 1.